The average molecular weight is 505 g/mol. The molecule has 0 bridgehead atoms. The van der Waals surface area contributed by atoms with Gasteiger partial charge < -0.3 is 19.6 Å². The number of carbonyl (C=O) groups excluding carboxylic acids is 1. The number of hydrogen-bond donors (Lipinski definition) is 1. The third kappa shape index (κ3) is 6.57. The van der Waals surface area contributed by atoms with Gasteiger partial charge in [0.1, 0.15) is 6.54 Å². The van der Waals surface area contributed by atoms with E-state index in [1.165, 1.54) is 6.42 Å². The summed E-state index contributed by atoms with van der Waals surface area (Å²) < 4.78 is 5.00. The lowest BCUT2D eigenvalue weighted by atomic mass is 10.1. The van der Waals surface area contributed by atoms with E-state index in [2.05, 4.69) is 37.2 Å². The molecule has 2 aliphatic rings. The standard InChI is InChI=1S/C18H31N7O2.HI/c1-3-19-18(20-13-16-21-15(2)27-22-16)25-11-9-23(10-12-25)14-17(26)24-7-5-4-6-8-24;/h3-14H2,1-2H3,(H,19,20);1H. The molecule has 0 aliphatic carbocycles. The second-order valence-corrected chi connectivity index (χ2v) is 7.10. The van der Waals surface area contributed by atoms with Gasteiger partial charge in [0, 0.05) is 52.7 Å². The van der Waals surface area contributed by atoms with Crippen molar-refractivity contribution in [1.29, 1.82) is 0 Å². The average Bonchev–Trinajstić information content (AvgIpc) is 3.12. The van der Waals surface area contributed by atoms with Crippen molar-refractivity contribution in [2.75, 3.05) is 52.4 Å². The Bertz CT molecular complexity index is 638. The summed E-state index contributed by atoms with van der Waals surface area (Å²) in [4.78, 5) is 27.8. The minimum absolute atomic E-state index is 0. The van der Waals surface area contributed by atoms with Crippen LogP contribution in [0.2, 0.25) is 0 Å². The maximum absolute atomic E-state index is 12.5. The van der Waals surface area contributed by atoms with Crippen molar-refractivity contribution < 1.29 is 9.32 Å². The molecule has 3 heterocycles. The SMILES string of the molecule is CCNC(=NCc1noc(C)n1)N1CCN(CC(=O)N2CCCCC2)CC1.I. The van der Waals surface area contributed by atoms with E-state index in [0.717, 1.165) is 64.6 Å². The maximum atomic E-state index is 12.5. The van der Waals surface area contributed by atoms with Crippen LogP contribution in [0, 0.1) is 6.92 Å². The Morgan fingerprint density at radius 1 is 1.11 bits per heavy atom. The van der Waals surface area contributed by atoms with Crippen molar-refractivity contribution in [2.45, 2.75) is 39.7 Å². The molecule has 158 valence electrons. The fourth-order valence-electron chi connectivity index (χ4n) is 3.53. The number of likely N-dealkylation sites (tertiary alicyclic amines) is 1. The number of nitrogens with zero attached hydrogens (tertiary/aromatic N) is 6. The van der Waals surface area contributed by atoms with E-state index in [1.54, 1.807) is 6.92 Å². The van der Waals surface area contributed by atoms with Crippen LogP contribution < -0.4 is 5.32 Å². The summed E-state index contributed by atoms with van der Waals surface area (Å²) in [6, 6.07) is 0. The highest BCUT2D eigenvalue weighted by atomic mass is 127. The number of hydrogen-bond acceptors (Lipinski definition) is 6. The minimum Gasteiger partial charge on any atom is -0.357 e. The van der Waals surface area contributed by atoms with E-state index in [1.807, 2.05) is 4.90 Å². The molecule has 2 saturated heterocycles. The van der Waals surface area contributed by atoms with Gasteiger partial charge in [-0.25, -0.2) is 4.99 Å². The van der Waals surface area contributed by atoms with Crippen molar-refractivity contribution in [1.82, 2.24) is 30.2 Å². The predicted octanol–water partition coefficient (Wildman–Crippen LogP) is 1.09. The second kappa shape index (κ2) is 11.5. The van der Waals surface area contributed by atoms with E-state index in [0.29, 0.717) is 24.8 Å². The Morgan fingerprint density at radius 2 is 1.82 bits per heavy atom. The predicted molar refractivity (Wildman–Crippen MR) is 118 cm³/mol. The van der Waals surface area contributed by atoms with Gasteiger partial charge >= 0.3 is 0 Å². The van der Waals surface area contributed by atoms with Crippen LogP contribution in [0.15, 0.2) is 9.52 Å². The number of aromatic nitrogens is 2. The van der Waals surface area contributed by atoms with Gasteiger partial charge in [0.25, 0.3) is 0 Å². The summed E-state index contributed by atoms with van der Waals surface area (Å²) in [5.74, 6) is 2.28. The summed E-state index contributed by atoms with van der Waals surface area (Å²) in [5, 5.41) is 7.23. The van der Waals surface area contributed by atoms with Gasteiger partial charge in [-0.1, -0.05) is 5.16 Å². The van der Waals surface area contributed by atoms with E-state index < -0.39 is 0 Å². The molecule has 2 aliphatic heterocycles. The molecular formula is C18H32IN7O2. The first-order chi connectivity index (χ1) is 13.2. The number of halogens is 1. The van der Waals surface area contributed by atoms with Gasteiger partial charge in [0.05, 0.1) is 6.54 Å². The maximum Gasteiger partial charge on any atom is 0.236 e. The van der Waals surface area contributed by atoms with Crippen LogP contribution in [0.4, 0.5) is 0 Å². The van der Waals surface area contributed by atoms with Crippen LogP contribution in [0.25, 0.3) is 0 Å². The highest BCUT2D eigenvalue weighted by Gasteiger charge is 2.24. The highest BCUT2D eigenvalue weighted by molar-refractivity contribution is 14.0. The molecule has 2 fully saturated rings. The number of rotatable bonds is 5. The van der Waals surface area contributed by atoms with Gasteiger partial charge in [-0.3, -0.25) is 9.69 Å². The molecule has 0 unspecified atom stereocenters. The van der Waals surface area contributed by atoms with Crippen molar-refractivity contribution in [2.24, 2.45) is 4.99 Å². The number of carbonyl (C=O) groups is 1. The molecule has 0 saturated carbocycles. The number of piperidine rings is 1. The van der Waals surface area contributed by atoms with Gasteiger partial charge in [0.15, 0.2) is 11.8 Å². The lowest BCUT2D eigenvalue weighted by molar-refractivity contribution is -0.133. The van der Waals surface area contributed by atoms with Crippen LogP contribution in [0.1, 0.15) is 37.9 Å². The van der Waals surface area contributed by atoms with Crippen LogP contribution in [-0.2, 0) is 11.3 Å². The molecule has 1 aromatic rings. The first-order valence-electron chi connectivity index (χ1n) is 9.98. The molecule has 1 aromatic heterocycles. The monoisotopic (exact) mass is 505 g/mol. The molecule has 28 heavy (non-hydrogen) atoms. The molecular weight excluding hydrogens is 473 g/mol. The van der Waals surface area contributed by atoms with E-state index in [4.69, 9.17) is 4.52 Å². The third-order valence-corrected chi connectivity index (χ3v) is 5.01. The fourth-order valence-corrected chi connectivity index (χ4v) is 3.53. The van der Waals surface area contributed by atoms with Crippen LogP contribution in [-0.4, -0.2) is 89.1 Å². The third-order valence-electron chi connectivity index (χ3n) is 5.01. The van der Waals surface area contributed by atoms with Crippen LogP contribution in [0.3, 0.4) is 0 Å². The lowest BCUT2D eigenvalue weighted by Gasteiger charge is -2.37. The molecule has 1 amide bonds. The summed E-state index contributed by atoms with van der Waals surface area (Å²) in [6.07, 6.45) is 3.53. The Hall–Kier alpha value is -1.43. The fraction of sp³-hybridized carbons (Fsp3) is 0.778. The second-order valence-electron chi connectivity index (χ2n) is 7.10. The van der Waals surface area contributed by atoms with Crippen molar-refractivity contribution >= 4 is 35.8 Å². The molecule has 10 heteroatoms. The zero-order valence-electron chi connectivity index (χ0n) is 16.9. The van der Waals surface area contributed by atoms with Crippen molar-refractivity contribution in [3.05, 3.63) is 11.7 Å². The van der Waals surface area contributed by atoms with Crippen molar-refractivity contribution in [3.8, 4) is 0 Å². The summed E-state index contributed by atoms with van der Waals surface area (Å²) in [6.45, 7) is 10.8. The quantitative estimate of drug-likeness (QED) is 0.364. The van der Waals surface area contributed by atoms with E-state index >= 15 is 0 Å². The number of nitrogens with one attached hydrogen (secondary N) is 1. The minimum atomic E-state index is 0. The number of aliphatic imine (C=N–C) groups is 1. The van der Waals surface area contributed by atoms with Gasteiger partial charge in [-0.05, 0) is 26.2 Å². The molecule has 1 N–H and O–H groups in total. The Balaban J connectivity index is 0.00000280. The van der Waals surface area contributed by atoms with Crippen LogP contribution in [0.5, 0.6) is 0 Å². The molecule has 0 spiro atoms. The highest BCUT2D eigenvalue weighted by Crippen LogP contribution is 2.10. The summed E-state index contributed by atoms with van der Waals surface area (Å²) in [7, 11) is 0. The Kier molecular flexibility index (Phi) is 9.42. The summed E-state index contributed by atoms with van der Waals surface area (Å²) >= 11 is 0. The Morgan fingerprint density at radius 3 is 2.43 bits per heavy atom. The molecule has 9 nitrogen and oxygen atoms in total. The first kappa shape index (κ1) is 22.9. The number of guanidine groups is 1. The molecule has 0 aromatic carbocycles. The molecule has 0 atom stereocenters. The van der Waals surface area contributed by atoms with Gasteiger partial charge in [-0.15, -0.1) is 24.0 Å². The topological polar surface area (TPSA) is 90.1 Å². The summed E-state index contributed by atoms with van der Waals surface area (Å²) in [5.41, 5.74) is 0. The van der Waals surface area contributed by atoms with Gasteiger partial charge in [0.2, 0.25) is 11.8 Å². The lowest BCUT2D eigenvalue weighted by Crippen LogP contribution is -2.54. The zero-order chi connectivity index (χ0) is 19.1. The largest absolute Gasteiger partial charge is 0.357 e. The van der Waals surface area contributed by atoms with Crippen LogP contribution >= 0.6 is 24.0 Å². The number of aryl methyl sites for hydroxylation is 1. The first-order valence-corrected chi connectivity index (χ1v) is 9.98. The Labute approximate surface area is 183 Å². The number of piperazine rings is 1. The smallest absolute Gasteiger partial charge is 0.236 e. The number of amides is 1. The van der Waals surface area contributed by atoms with E-state index in [9.17, 15) is 4.79 Å². The zero-order valence-corrected chi connectivity index (χ0v) is 19.2. The van der Waals surface area contributed by atoms with E-state index in [-0.39, 0.29) is 29.9 Å². The van der Waals surface area contributed by atoms with Crippen molar-refractivity contribution in [3.63, 3.8) is 0 Å². The normalized spacial score (nSPS) is 18.7. The molecule has 0 radical (unpaired) electrons. The van der Waals surface area contributed by atoms with Gasteiger partial charge in [-0.2, -0.15) is 4.98 Å². The molecule has 3 rings (SSSR count).